The molecule has 0 aliphatic rings. The van der Waals surface area contributed by atoms with E-state index in [1.54, 1.807) is 0 Å². The summed E-state index contributed by atoms with van der Waals surface area (Å²) in [5.74, 6) is 1.00. The van der Waals surface area contributed by atoms with Crippen LogP contribution in [0.3, 0.4) is 0 Å². The minimum absolute atomic E-state index is 0.720. The van der Waals surface area contributed by atoms with E-state index >= 15 is 0 Å². The van der Waals surface area contributed by atoms with Crippen LogP contribution < -0.4 is 15.4 Å². The highest BCUT2D eigenvalue weighted by Gasteiger charge is 2.01. The number of benzene rings is 1. The molecule has 0 heterocycles. The molecule has 144 valence electrons. The zero-order chi connectivity index (χ0) is 18.0. The minimum atomic E-state index is 0.720. The van der Waals surface area contributed by atoms with Gasteiger partial charge in [-0.05, 0) is 26.0 Å². The summed E-state index contributed by atoms with van der Waals surface area (Å²) in [6, 6.07) is 8.28. The van der Waals surface area contributed by atoms with Gasteiger partial charge in [0.1, 0.15) is 5.75 Å². The SMILES string of the molecule is CCCCCCCCCCCNCCNCc1ccccc1OCC. The van der Waals surface area contributed by atoms with Crippen LogP contribution in [-0.2, 0) is 6.54 Å². The summed E-state index contributed by atoms with van der Waals surface area (Å²) in [7, 11) is 0. The fourth-order valence-electron chi connectivity index (χ4n) is 3.03. The molecule has 0 amide bonds. The zero-order valence-electron chi connectivity index (χ0n) is 16.6. The van der Waals surface area contributed by atoms with E-state index in [1.165, 1.54) is 63.4 Å². The van der Waals surface area contributed by atoms with Crippen LogP contribution in [0.25, 0.3) is 0 Å². The molecule has 0 atom stereocenters. The molecular formula is C22H40N2O. The van der Waals surface area contributed by atoms with Crippen molar-refractivity contribution in [2.24, 2.45) is 0 Å². The third-order valence-corrected chi connectivity index (χ3v) is 4.52. The number of nitrogens with one attached hydrogen (secondary N) is 2. The summed E-state index contributed by atoms with van der Waals surface area (Å²) in [6.45, 7) is 9.08. The van der Waals surface area contributed by atoms with Gasteiger partial charge in [-0.15, -0.1) is 0 Å². The van der Waals surface area contributed by atoms with Gasteiger partial charge in [0.25, 0.3) is 0 Å². The maximum atomic E-state index is 5.65. The van der Waals surface area contributed by atoms with Crippen molar-refractivity contribution in [3.05, 3.63) is 29.8 Å². The predicted octanol–water partition coefficient (Wildman–Crippen LogP) is 5.30. The molecule has 1 aromatic carbocycles. The van der Waals surface area contributed by atoms with Crippen molar-refractivity contribution in [1.29, 1.82) is 0 Å². The van der Waals surface area contributed by atoms with E-state index in [0.29, 0.717) is 0 Å². The number of ether oxygens (including phenoxy) is 1. The van der Waals surface area contributed by atoms with Gasteiger partial charge in [0.2, 0.25) is 0 Å². The lowest BCUT2D eigenvalue weighted by atomic mass is 10.1. The fraction of sp³-hybridized carbons (Fsp3) is 0.727. The Bertz CT molecular complexity index is 409. The van der Waals surface area contributed by atoms with Crippen LogP contribution in [0.15, 0.2) is 24.3 Å². The van der Waals surface area contributed by atoms with E-state index in [9.17, 15) is 0 Å². The van der Waals surface area contributed by atoms with E-state index in [4.69, 9.17) is 4.74 Å². The molecule has 0 bridgehead atoms. The Morgan fingerprint density at radius 2 is 1.36 bits per heavy atom. The van der Waals surface area contributed by atoms with Crippen LogP contribution in [0.2, 0.25) is 0 Å². The van der Waals surface area contributed by atoms with E-state index in [0.717, 1.165) is 38.5 Å². The van der Waals surface area contributed by atoms with E-state index in [-0.39, 0.29) is 0 Å². The van der Waals surface area contributed by atoms with Crippen LogP contribution >= 0.6 is 0 Å². The van der Waals surface area contributed by atoms with Crippen molar-refractivity contribution < 1.29 is 4.74 Å². The molecule has 0 aliphatic carbocycles. The molecule has 0 aromatic heterocycles. The van der Waals surface area contributed by atoms with E-state index in [1.807, 2.05) is 19.1 Å². The second kappa shape index (κ2) is 16.4. The summed E-state index contributed by atoms with van der Waals surface area (Å²) in [4.78, 5) is 0. The Hall–Kier alpha value is -1.06. The van der Waals surface area contributed by atoms with Gasteiger partial charge >= 0.3 is 0 Å². The molecule has 0 unspecified atom stereocenters. The van der Waals surface area contributed by atoms with Gasteiger partial charge in [0, 0.05) is 25.2 Å². The van der Waals surface area contributed by atoms with Crippen LogP contribution in [0.5, 0.6) is 5.75 Å². The van der Waals surface area contributed by atoms with Gasteiger partial charge < -0.3 is 15.4 Å². The van der Waals surface area contributed by atoms with Crippen molar-refractivity contribution >= 4 is 0 Å². The average molecular weight is 349 g/mol. The molecule has 0 aliphatic heterocycles. The normalized spacial score (nSPS) is 11.0. The molecule has 1 rings (SSSR count). The Balaban J connectivity index is 1.88. The number of para-hydroxylation sites is 1. The summed E-state index contributed by atoms with van der Waals surface area (Å²) in [6.07, 6.45) is 12.6. The highest BCUT2D eigenvalue weighted by Crippen LogP contribution is 2.17. The van der Waals surface area contributed by atoms with Gasteiger partial charge in [-0.2, -0.15) is 0 Å². The Kier molecular flexibility index (Phi) is 14.4. The quantitative estimate of drug-likeness (QED) is 0.375. The highest BCUT2D eigenvalue weighted by atomic mass is 16.5. The minimum Gasteiger partial charge on any atom is -0.494 e. The first-order valence-electron chi connectivity index (χ1n) is 10.5. The lowest BCUT2D eigenvalue weighted by Gasteiger charge is -2.11. The Morgan fingerprint density at radius 3 is 2.08 bits per heavy atom. The van der Waals surface area contributed by atoms with Crippen molar-refractivity contribution in [3.8, 4) is 5.75 Å². The summed E-state index contributed by atoms with van der Waals surface area (Å²) in [5.41, 5.74) is 1.24. The van der Waals surface area contributed by atoms with E-state index < -0.39 is 0 Å². The third kappa shape index (κ3) is 12.0. The largest absolute Gasteiger partial charge is 0.494 e. The number of rotatable bonds is 17. The molecular weight excluding hydrogens is 308 g/mol. The van der Waals surface area contributed by atoms with Crippen molar-refractivity contribution in [2.75, 3.05) is 26.2 Å². The van der Waals surface area contributed by atoms with Gasteiger partial charge in [-0.25, -0.2) is 0 Å². The van der Waals surface area contributed by atoms with Gasteiger partial charge in [-0.3, -0.25) is 0 Å². The lowest BCUT2D eigenvalue weighted by Crippen LogP contribution is -2.27. The van der Waals surface area contributed by atoms with Crippen molar-refractivity contribution in [3.63, 3.8) is 0 Å². The molecule has 0 spiro atoms. The number of hydrogen-bond donors (Lipinski definition) is 2. The predicted molar refractivity (Wildman–Crippen MR) is 109 cm³/mol. The van der Waals surface area contributed by atoms with Crippen LogP contribution in [-0.4, -0.2) is 26.2 Å². The van der Waals surface area contributed by atoms with Crippen molar-refractivity contribution in [2.45, 2.75) is 78.2 Å². The van der Waals surface area contributed by atoms with Gasteiger partial charge in [-0.1, -0.05) is 76.5 Å². The second-order valence-electron chi connectivity index (χ2n) is 6.80. The first kappa shape index (κ1) is 22.0. The topological polar surface area (TPSA) is 33.3 Å². The van der Waals surface area contributed by atoms with Crippen LogP contribution in [0.4, 0.5) is 0 Å². The standard InChI is InChI=1S/C22H40N2O/c1-3-5-6-7-8-9-10-11-14-17-23-18-19-24-20-21-15-12-13-16-22(21)25-4-2/h12-13,15-16,23-24H,3-11,14,17-20H2,1-2H3. The molecule has 1 aromatic rings. The van der Waals surface area contributed by atoms with Crippen molar-refractivity contribution in [1.82, 2.24) is 10.6 Å². The van der Waals surface area contributed by atoms with Gasteiger partial charge in [0.15, 0.2) is 0 Å². The molecule has 0 radical (unpaired) electrons. The molecule has 25 heavy (non-hydrogen) atoms. The zero-order valence-corrected chi connectivity index (χ0v) is 16.6. The first-order chi connectivity index (χ1) is 12.4. The Labute approximate surface area is 155 Å². The third-order valence-electron chi connectivity index (χ3n) is 4.52. The van der Waals surface area contributed by atoms with Gasteiger partial charge in [0.05, 0.1) is 6.61 Å². The van der Waals surface area contributed by atoms with Crippen LogP contribution in [0.1, 0.15) is 77.2 Å². The summed E-state index contributed by atoms with van der Waals surface area (Å²) in [5, 5.41) is 7.03. The smallest absolute Gasteiger partial charge is 0.123 e. The lowest BCUT2D eigenvalue weighted by molar-refractivity contribution is 0.335. The molecule has 0 saturated heterocycles. The maximum absolute atomic E-state index is 5.65. The second-order valence-corrected chi connectivity index (χ2v) is 6.80. The average Bonchev–Trinajstić information content (AvgIpc) is 2.63. The Morgan fingerprint density at radius 1 is 0.720 bits per heavy atom. The monoisotopic (exact) mass is 348 g/mol. The summed E-state index contributed by atoms with van der Waals surface area (Å²) >= 11 is 0. The molecule has 3 nitrogen and oxygen atoms in total. The molecule has 2 N–H and O–H groups in total. The van der Waals surface area contributed by atoms with E-state index in [2.05, 4.69) is 29.7 Å². The number of hydrogen-bond acceptors (Lipinski definition) is 3. The summed E-state index contributed by atoms with van der Waals surface area (Å²) < 4.78 is 5.65. The fourth-order valence-corrected chi connectivity index (χ4v) is 3.03. The van der Waals surface area contributed by atoms with Crippen LogP contribution in [0, 0.1) is 0 Å². The molecule has 3 heteroatoms. The highest BCUT2D eigenvalue weighted by molar-refractivity contribution is 5.33. The molecule has 0 fully saturated rings. The number of unbranched alkanes of at least 4 members (excludes halogenated alkanes) is 8. The molecule has 0 saturated carbocycles. The first-order valence-corrected chi connectivity index (χ1v) is 10.5. The maximum Gasteiger partial charge on any atom is 0.123 e.